The first kappa shape index (κ1) is 17.8. The number of nitrogens with zero attached hydrogens (tertiary/aromatic N) is 4. The zero-order chi connectivity index (χ0) is 18.5. The number of rotatable bonds is 5. The van der Waals surface area contributed by atoms with Crippen LogP contribution in [-0.4, -0.2) is 58.3 Å². The highest BCUT2D eigenvalue weighted by atomic mass is 16.2. The quantitative estimate of drug-likeness (QED) is 0.827. The number of amides is 2. The number of nitrogens with one attached hydrogen (secondary N) is 1. The normalized spacial score (nSPS) is 14.2. The molecule has 0 unspecified atom stereocenters. The zero-order valence-corrected chi connectivity index (χ0v) is 15.1. The fraction of sp³-hybridized carbons (Fsp3) is 0.368. The molecule has 7 heteroatoms. The number of hydrogen-bond acceptors (Lipinski definition) is 5. The smallest absolute Gasteiger partial charge is 0.272 e. The highest BCUT2D eigenvalue weighted by molar-refractivity contribution is 5.92. The molecule has 1 aromatic carbocycles. The van der Waals surface area contributed by atoms with Crippen molar-refractivity contribution in [1.29, 1.82) is 0 Å². The lowest BCUT2D eigenvalue weighted by Gasteiger charge is -2.32. The summed E-state index contributed by atoms with van der Waals surface area (Å²) in [6, 6.07) is 9.92. The number of hydrogen-bond donors (Lipinski definition) is 1. The lowest BCUT2D eigenvalue weighted by molar-refractivity contribution is -0.119. The zero-order valence-electron chi connectivity index (χ0n) is 15.1. The van der Waals surface area contributed by atoms with Crippen LogP contribution >= 0.6 is 0 Å². The Morgan fingerprint density at radius 3 is 2.46 bits per heavy atom. The standard InChI is InChI=1S/C19H23N5O2/c1-14-3-5-16(6-4-14)12-20-19-21-15(2)11-17(22-19)18(26)24-9-7-23(13-25)8-10-24/h3-6,11,13H,7-10,12H2,1-2H3,(H,20,21,22). The van der Waals surface area contributed by atoms with Gasteiger partial charge < -0.3 is 15.1 Å². The van der Waals surface area contributed by atoms with Gasteiger partial charge in [-0.15, -0.1) is 0 Å². The lowest BCUT2D eigenvalue weighted by atomic mass is 10.1. The van der Waals surface area contributed by atoms with E-state index in [2.05, 4.69) is 39.6 Å². The molecule has 0 bridgehead atoms. The van der Waals surface area contributed by atoms with E-state index in [-0.39, 0.29) is 5.91 Å². The van der Waals surface area contributed by atoms with Gasteiger partial charge in [0.1, 0.15) is 5.69 Å². The number of benzene rings is 1. The van der Waals surface area contributed by atoms with Crippen LogP contribution in [0.2, 0.25) is 0 Å². The van der Waals surface area contributed by atoms with Crippen molar-refractivity contribution >= 4 is 18.3 Å². The van der Waals surface area contributed by atoms with E-state index in [1.807, 2.05) is 13.8 Å². The van der Waals surface area contributed by atoms with Crippen LogP contribution < -0.4 is 5.32 Å². The number of piperazine rings is 1. The molecule has 1 N–H and O–H groups in total. The minimum absolute atomic E-state index is 0.126. The van der Waals surface area contributed by atoms with Crippen molar-refractivity contribution in [3.8, 4) is 0 Å². The second-order valence-corrected chi connectivity index (χ2v) is 6.49. The number of anilines is 1. The van der Waals surface area contributed by atoms with E-state index in [4.69, 9.17) is 0 Å². The molecule has 2 amide bonds. The third kappa shape index (κ3) is 4.36. The monoisotopic (exact) mass is 353 g/mol. The molecule has 2 heterocycles. The summed E-state index contributed by atoms with van der Waals surface area (Å²) in [6.45, 7) is 6.64. The molecule has 7 nitrogen and oxygen atoms in total. The molecule has 26 heavy (non-hydrogen) atoms. The van der Waals surface area contributed by atoms with E-state index in [1.165, 1.54) is 5.56 Å². The molecule has 136 valence electrons. The van der Waals surface area contributed by atoms with Crippen molar-refractivity contribution in [1.82, 2.24) is 19.8 Å². The van der Waals surface area contributed by atoms with Crippen LogP contribution in [0.1, 0.15) is 27.3 Å². The van der Waals surface area contributed by atoms with Gasteiger partial charge in [0, 0.05) is 38.4 Å². The Morgan fingerprint density at radius 1 is 1.12 bits per heavy atom. The van der Waals surface area contributed by atoms with Gasteiger partial charge in [-0.1, -0.05) is 29.8 Å². The van der Waals surface area contributed by atoms with Crippen LogP contribution in [0, 0.1) is 13.8 Å². The van der Waals surface area contributed by atoms with Crippen molar-refractivity contribution in [3.63, 3.8) is 0 Å². The molecule has 1 aliphatic heterocycles. The average molecular weight is 353 g/mol. The Bertz CT molecular complexity index is 783. The summed E-state index contributed by atoms with van der Waals surface area (Å²) in [5, 5.41) is 3.19. The second-order valence-electron chi connectivity index (χ2n) is 6.49. The first-order chi connectivity index (χ1) is 12.5. The van der Waals surface area contributed by atoms with Gasteiger partial charge in [0.25, 0.3) is 5.91 Å². The molecule has 0 spiro atoms. The van der Waals surface area contributed by atoms with Crippen molar-refractivity contribution in [3.05, 3.63) is 52.8 Å². The van der Waals surface area contributed by atoms with E-state index in [0.717, 1.165) is 17.7 Å². The fourth-order valence-electron chi connectivity index (χ4n) is 2.84. The van der Waals surface area contributed by atoms with E-state index < -0.39 is 0 Å². The summed E-state index contributed by atoms with van der Waals surface area (Å²) < 4.78 is 0. The predicted octanol–water partition coefficient (Wildman–Crippen LogP) is 1.62. The molecular weight excluding hydrogens is 330 g/mol. The maximum Gasteiger partial charge on any atom is 0.272 e. The number of carbonyl (C=O) groups excluding carboxylic acids is 2. The Hall–Kier alpha value is -2.96. The molecule has 0 saturated carbocycles. The van der Waals surface area contributed by atoms with Gasteiger partial charge in [-0.3, -0.25) is 9.59 Å². The van der Waals surface area contributed by atoms with Crippen LogP contribution in [0.3, 0.4) is 0 Å². The number of carbonyl (C=O) groups is 2. The summed E-state index contributed by atoms with van der Waals surface area (Å²) in [4.78, 5) is 35.7. The molecule has 0 atom stereocenters. The number of aryl methyl sites for hydroxylation is 2. The fourth-order valence-corrected chi connectivity index (χ4v) is 2.84. The molecule has 0 aliphatic carbocycles. The molecule has 2 aromatic rings. The van der Waals surface area contributed by atoms with Crippen molar-refractivity contribution in [2.24, 2.45) is 0 Å². The summed E-state index contributed by atoms with van der Waals surface area (Å²) in [5.74, 6) is 0.319. The van der Waals surface area contributed by atoms with E-state index in [0.29, 0.717) is 44.4 Å². The predicted molar refractivity (Wildman–Crippen MR) is 98.8 cm³/mol. The minimum atomic E-state index is -0.126. The number of aromatic nitrogens is 2. The van der Waals surface area contributed by atoms with Gasteiger partial charge in [-0.05, 0) is 25.5 Å². The van der Waals surface area contributed by atoms with Crippen LogP contribution in [0.15, 0.2) is 30.3 Å². The molecular formula is C19H23N5O2. The van der Waals surface area contributed by atoms with Crippen LogP contribution in [0.4, 0.5) is 5.95 Å². The SMILES string of the molecule is Cc1ccc(CNc2nc(C)cc(C(=O)N3CCN(C=O)CC3)n2)cc1. The maximum atomic E-state index is 12.7. The second kappa shape index (κ2) is 7.95. The summed E-state index contributed by atoms with van der Waals surface area (Å²) in [7, 11) is 0. The van der Waals surface area contributed by atoms with Gasteiger partial charge in [-0.25, -0.2) is 9.97 Å². The lowest BCUT2D eigenvalue weighted by Crippen LogP contribution is -2.48. The third-order valence-corrected chi connectivity index (χ3v) is 4.40. The first-order valence-corrected chi connectivity index (χ1v) is 8.69. The van der Waals surface area contributed by atoms with Gasteiger partial charge in [0.2, 0.25) is 12.4 Å². The van der Waals surface area contributed by atoms with Gasteiger partial charge in [-0.2, -0.15) is 0 Å². The molecule has 0 radical (unpaired) electrons. The summed E-state index contributed by atoms with van der Waals surface area (Å²) in [5.41, 5.74) is 3.45. The van der Waals surface area contributed by atoms with E-state index in [1.54, 1.807) is 15.9 Å². The van der Waals surface area contributed by atoms with Crippen LogP contribution in [-0.2, 0) is 11.3 Å². The largest absolute Gasteiger partial charge is 0.350 e. The van der Waals surface area contributed by atoms with Gasteiger partial charge >= 0.3 is 0 Å². The molecule has 1 aromatic heterocycles. The van der Waals surface area contributed by atoms with Crippen LogP contribution in [0.5, 0.6) is 0 Å². The van der Waals surface area contributed by atoms with Crippen molar-refractivity contribution in [2.75, 3.05) is 31.5 Å². The van der Waals surface area contributed by atoms with Crippen LogP contribution in [0.25, 0.3) is 0 Å². The third-order valence-electron chi connectivity index (χ3n) is 4.40. The Labute approximate surface area is 153 Å². The maximum absolute atomic E-state index is 12.7. The molecule has 3 rings (SSSR count). The average Bonchev–Trinajstić information content (AvgIpc) is 2.66. The highest BCUT2D eigenvalue weighted by Crippen LogP contribution is 2.11. The minimum Gasteiger partial charge on any atom is -0.350 e. The van der Waals surface area contributed by atoms with Crippen molar-refractivity contribution in [2.45, 2.75) is 20.4 Å². The summed E-state index contributed by atoms with van der Waals surface area (Å²) in [6.07, 6.45) is 0.823. The summed E-state index contributed by atoms with van der Waals surface area (Å²) >= 11 is 0. The topological polar surface area (TPSA) is 78.4 Å². The van der Waals surface area contributed by atoms with E-state index >= 15 is 0 Å². The Morgan fingerprint density at radius 2 is 1.81 bits per heavy atom. The van der Waals surface area contributed by atoms with Crippen molar-refractivity contribution < 1.29 is 9.59 Å². The Balaban J connectivity index is 1.67. The molecule has 1 aliphatic rings. The Kier molecular flexibility index (Phi) is 5.46. The highest BCUT2D eigenvalue weighted by Gasteiger charge is 2.23. The molecule has 1 fully saturated rings. The first-order valence-electron chi connectivity index (χ1n) is 8.69. The van der Waals surface area contributed by atoms with E-state index in [9.17, 15) is 9.59 Å². The molecule has 1 saturated heterocycles. The van der Waals surface area contributed by atoms with Gasteiger partial charge in [0.05, 0.1) is 0 Å². The van der Waals surface area contributed by atoms with Gasteiger partial charge in [0.15, 0.2) is 0 Å².